The molecule has 3 aliphatic rings. The van der Waals surface area contributed by atoms with Crippen LogP contribution >= 0.6 is 11.8 Å². The van der Waals surface area contributed by atoms with Gasteiger partial charge < -0.3 is 29.7 Å². The number of hydrogen-bond donors (Lipinski definition) is 1. The van der Waals surface area contributed by atoms with Crippen LogP contribution in [0.3, 0.4) is 0 Å². The van der Waals surface area contributed by atoms with Gasteiger partial charge in [-0.1, -0.05) is 177 Å². The summed E-state index contributed by atoms with van der Waals surface area (Å²) in [7, 11) is 7.00. The average molecular weight is 1270 g/mol. The first kappa shape index (κ1) is 82.9. The minimum absolute atomic E-state index is 0.0102. The van der Waals surface area contributed by atoms with Gasteiger partial charge in [-0.15, -0.1) is 11.8 Å². The number of urea groups is 4. The van der Waals surface area contributed by atoms with E-state index in [0.29, 0.717) is 0 Å². The Morgan fingerprint density at radius 1 is 0.522 bits per heavy atom. The van der Waals surface area contributed by atoms with E-state index in [0.717, 1.165) is 33.5 Å². The van der Waals surface area contributed by atoms with E-state index >= 15 is 0 Å². The number of thioether (sulfide) groups is 1. The fourth-order valence-corrected chi connectivity index (χ4v) is 11.1. The molecule has 2 fully saturated rings. The molecular formula is C73H116N8O8S. The summed E-state index contributed by atoms with van der Waals surface area (Å²) in [6.07, 6.45) is -0.603. The third-order valence-electron chi connectivity index (χ3n) is 16.2. The Hall–Kier alpha value is -7.14. The third-order valence-corrected chi connectivity index (χ3v) is 17.7. The molecule has 3 atom stereocenters. The smallest absolute Gasteiger partial charge is 0.419 e. The van der Waals surface area contributed by atoms with Gasteiger partial charge in [0.2, 0.25) is 11.8 Å². The third kappa shape index (κ3) is 19.4. The number of nitrogens with one attached hydrogen (secondary N) is 1. The molecule has 0 aliphatic carbocycles. The van der Waals surface area contributed by atoms with Crippen LogP contribution in [-0.2, 0) is 30.2 Å². The van der Waals surface area contributed by atoms with Crippen LogP contribution in [0.1, 0.15) is 208 Å². The predicted octanol–water partition coefficient (Wildman–Crippen LogP) is 17.7. The summed E-state index contributed by atoms with van der Waals surface area (Å²) in [5.74, 6) is 0.0232. The highest BCUT2D eigenvalue weighted by molar-refractivity contribution is 8.02. The molecule has 17 heteroatoms. The van der Waals surface area contributed by atoms with Crippen molar-refractivity contribution in [2.75, 3.05) is 28.2 Å². The van der Waals surface area contributed by atoms with Crippen molar-refractivity contribution in [3.8, 4) is 0 Å². The molecule has 1 N–H and O–H groups in total. The number of hydrogen-bond acceptors (Lipinski definition) is 9. The second-order valence-electron chi connectivity index (χ2n) is 24.1. The maximum atomic E-state index is 12.9. The van der Waals surface area contributed by atoms with Crippen LogP contribution in [0.5, 0.6) is 0 Å². The van der Waals surface area contributed by atoms with E-state index in [2.05, 4.69) is 5.32 Å². The van der Waals surface area contributed by atoms with Gasteiger partial charge in [-0.25, -0.2) is 38.7 Å². The van der Waals surface area contributed by atoms with Crippen LogP contribution < -0.4 is 5.32 Å². The molecular weight excluding hydrogens is 1150 g/mol. The molecule has 4 aromatic carbocycles. The molecule has 16 nitrogen and oxygen atoms in total. The number of cyclic esters (lactones) is 1. The zero-order valence-electron chi connectivity index (χ0n) is 60.7. The predicted molar refractivity (Wildman–Crippen MR) is 374 cm³/mol. The largest absolute Gasteiger partial charge is 0.440 e. The molecule has 3 unspecified atom stereocenters. The second kappa shape index (κ2) is 36.6. The van der Waals surface area contributed by atoms with Gasteiger partial charge in [0.25, 0.3) is 0 Å². The minimum atomic E-state index is -0.869. The van der Waals surface area contributed by atoms with Crippen LogP contribution in [-0.4, -0.2) is 139 Å². The van der Waals surface area contributed by atoms with Crippen molar-refractivity contribution < 1.29 is 38.3 Å². The van der Waals surface area contributed by atoms with Crippen molar-refractivity contribution in [3.63, 3.8) is 0 Å². The lowest BCUT2D eigenvalue weighted by Crippen LogP contribution is -2.56. The monoisotopic (exact) mass is 1260 g/mol. The van der Waals surface area contributed by atoms with E-state index in [1.807, 2.05) is 308 Å². The van der Waals surface area contributed by atoms with Gasteiger partial charge >= 0.3 is 30.2 Å². The molecule has 0 saturated carbocycles. The van der Waals surface area contributed by atoms with Crippen LogP contribution in [0, 0.1) is 0 Å². The molecule has 90 heavy (non-hydrogen) atoms. The van der Waals surface area contributed by atoms with Gasteiger partial charge in [0.1, 0.15) is 16.0 Å². The first-order valence-electron chi connectivity index (χ1n) is 32.1. The quantitative estimate of drug-likeness (QED) is 0.172. The molecule has 11 amide bonds. The summed E-state index contributed by atoms with van der Waals surface area (Å²) in [6.45, 7) is 50.6. The number of imide groups is 3. The molecule has 4 aromatic rings. The lowest BCUT2D eigenvalue weighted by molar-refractivity contribution is -0.136. The summed E-state index contributed by atoms with van der Waals surface area (Å²) < 4.78 is 4.89. The zero-order chi connectivity index (χ0) is 70.2. The Morgan fingerprint density at radius 3 is 1.28 bits per heavy atom. The maximum absolute atomic E-state index is 12.9. The van der Waals surface area contributed by atoms with Crippen molar-refractivity contribution >= 4 is 53.8 Å². The Labute approximate surface area is 548 Å². The molecule has 7 rings (SSSR count). The summed E-state index contributed by atoms with van der Waals surface area (Å²) in [5, 5.41) is 2.77. The van der Waals surface area contributed by atoms with Gasteiger partial charge in [-0.05, 0) is 152 Å². The van der Waals surface area contributed by atoms with Crippen molar-refractivity contribution in [1.29, 1.82) is 0 Å². The highest BCUT2D eigenvalue weighted by atomic mass is 32.2. The fourth-order valence-electron chi connectivity index (χ4n) is 9.45. The number of amides is 11. The summed E-state index contributed by atoms with van der Waals surface area (Å²) in [4.78, 5) is 98.3. The van der Waals surface area contributed by atoms with Crippen molar-refractivity contribution in [3.05, 3.63) is 155 Å². The number of allylic oxidation sites excluding steroid dienone is 1. The van der Waals surface area contributed by atoms with Gasteiger partial charge in [-0.2, -0.15) is 0 Å². The molecule has 3 aliphatic heterocycles. The number of rotatable bonds is 9. The highest BCUT2D eigenvalue weighted by Crippen LogP contribution is 2.54. The summed E-state index contributed by atoms with van der Waals surface area (Å²) in [5.41, 5.74) is 3.45. The van der Waals surface area contributed by atoms with E-state index in [-0.39, 0.29) is 66.1 Å². The molecule has 0 bridgehead atoms. The van der Waals surface area contributed by atoms with Crippen LogP contribution in [0.25, 0.3) is 0 Å². The van der Waals surface area contributed by atoms with Crippen LogP contribution in [0.15, 0.2) is 133 Å². The normalized spacial score (nSPS) is 18.5. The fraction of sp³-hybridized carbons (Fsp3) is 0.548. The Kier molecular flexibility index (Phi) is 33.7. The van der Waals surface area contributed by atoms with Crippen molar-refractivity contribution in [2.24, 2.45) is 0 Å². The Bertz CT molecular complexity index is 2890. The second-order valence-corrected chi connectivity index (χ2v) is 26.2. The lowest BCUT2D eigenvalue weighted by atomic mass is 9.78. The summed E-state index contributed by atoms with van der Waals surface area (Å²) in [6, 6.07) is 37.5. The minimum Gasteiger partial charge on any atom is -0.440 e. The van der Waals surface area contributed by atoms with Gasteiger partial charge in [0.05, 0.1) is 16.2 Å². The van der Waals surface area contributed by atoms with E-state index in [9.17, 15) is 33.6 Å². The number of carbonyl (C=O) groups is 7. The number of likely N-dealkylation sites (N-methyl/N-ethyl adjacent to an activating group) is 1. The molecule has 502 valence electrons. The molecule has 0 aromatic heterocycles. The van der Waals surface area contributed by atoms with Gasteiger partial charge in [0, 0.05) is 58.1 Å². The molecule has 0 radical (unpaired) electrons. The first-order chi connectivity index (χ1) is 41.9. The molecule has 2 saturated heterocycles. The molecule has 3 heterocycles. The van der Waals surface area contributed by atoms with E-state index < -0.39 is 32.3 Å². The van der Waals surface area contributed by atoms with Crippen molar-refractivity contribution in [1.82, 2.24) is 39.6 Å². The standard InChI is InChI=1S/C17H23N3O2.C17H24N2O3.C17H24N2O2S.C14H21NO.4C2H6/c1-11(2)19(5)17(22)20-15(14-9-7-6-8-10-14)12(3)13(4)18-16(20)21;1-12(2)18(6)14(20)19-15(21)22-16(3,4)17(19,5)13-10-8-7-9-11-13;1-12(2)18(6)15(21)19-14(20)16(3,4)22-17(19,5)13-10-8-7-9-11-13;1-11(2)15(5)13(16)14(3,4)12-9-7-6-8-10-12;4*1-2/h6-11,15H,1-5H3,(H,18,21);2*7-12H,1-6H3;6-11H,1-5H3;4*1-2H3. The number of nitrogens with zero attached hydrogens (tertiary/aromatic N) is 7. The first-order valence-corrected chi connectivity index (χ1v) is 32.9. The van der Waals surface area contributed by atoms with Gasteiger partial charge in [0.15, 0.2) is 0 Å². The number of benzene rings is 4. The average Bonchev–Trinajstić information content (AvgIpc) is 1.56. The number of ether oxygens (including phenoxy) is 1. The van der Waals surface area contributed by atoms with Crippen LogP contribution in [0.4, 0.5) is 24.0 Å². The Morgan fingerprint density at radius 2 is 0.878 bits per heavy atom. The highest BCUT2D eigenvalue weighted by Gasteiger charge is 2.62. The summed E-state index contributed by atoms with van der Waals surface area (Å²) >= 11 is 1.53. The van der Waals surface area contributed by atoms with Gasteiger partial charge in [-0.3, -0.25) is 9.59 Å². The maximum Gasteiger partial charge on any atom is 0.419 e. The van der Waals surface area contributed by atoms with Crippen molar-refractivity contribution in [2.45, 2.75) is 236 Å². The molecule has 0 spiro atoms. The van der Waals surface area contributed by atoms with E-state index in [4.69, 9.17) is 4.74 Å². The zero-order valence-corrected chi connectivity index (χ0v) is 61.6. The van der Waals surface area contributed by atoms with Crippen LogP contribution in [0.2, 0.25) is 0 Å². The van der Waals surface area contributed by atoms with E-state index in [1.165, 1.54) is 26.5 Å². The number of carbonyl (C=O) groups excluding carboxylic acids is 7. The van der Waals surface area contributed by atoms with E-state index in [1.54, 1.807) is 40.7 Å². The SMILES string of the molecule is CC.CC.CC.CC.CC(C)N(C)C(=O)C(C)(C)c1ccccc1.CC(C)N(C)C(=O)N1C(=O)C(C)(C)SC1(C)c1ccccc1.CC(C)N(C)C(=O)N1C(=O)OC(C)(C)C1(C)c1ccccc1.CC1=C(C)C(c2ccccc2)N(C(=O)N(C)C(C)C)C(=O)N1. The Balaban J connectivity index is 0.00000114. The topological polar surface area (TPSA) is 163 Å². The lowest BCUT2D eigenvalue weighted by Gasteiger charge is -2.41.